The second-order valence-electron chi connectivity index (χ2n) is 4.72. The van der Waals surface area contributed by atoms with E-state index in [2.05, 4.69) is 31.1 Å². The van der Waals surface area contributed by atoms with E-state index in [4.69, 9.17) is 4.74 Å². The Bertz CT molecular complexity index is 643. The summed E-state index contributed by atoms with van der Waals surface area (Å²) in [6.45, 7) is 4.07. The van der Waals surface area contributed by atoms with Gasteiger partial charge in [0, 0.05) is 11.5 Å². The maximum absolute atomic E-state index is 12.2. The van der Waals surface area contributed by atoms with E-state index >= 15 is 0 Å². The molecule has 0 aliphatic rings. The van der Waals surface area contributed by atoms with Gasteiger partial charge >= 0.3 is 0 Å². The Morgan fingerprint density at radius 3 is 2.81 bits per heavy atom. The molecule has 0 aliphatic carbocycles. The van der Waals surface area contributed by atoms with Gasteiger partial charge in [-0.25, -0.2) is 4.98 Å². The summed E-state index contributed by atoms with van der Waals surface area (Å²) in [5.41, 5.74) is 0.634. The number of thioether (sulfide) groups is 1. The van der Waals surface area contributed by atoms with E-state index in [-0.39, 0.29) is 5.78 Å². The summed E-state index contributed by atoms with van der Waals surface area (Å²) in [5, 5.41) is 7.57. The van der Waals surface area contributed by atoms with Crippen LogP contribution in [0, 0.1) is 0 Å². The Balaban J connectivity index is 1.99. The topological polar surface area (TPSA) is 67.9 Å². The Morgan fingerprint density at radius 1 is 1.48 bits per heavy atom. The number of benzene rings is 1. The number of aromatic amines is 1. The summed E-state index contributed by atoms with van der Waals surface area (Å²) < 4.78 is 5.91. The van der Waals surface area contributed by atoms with Gasteiger partial charge in [-0.3, -0.25) is 9.89 Å². The van der Waals surface area contributed by atoms with Crippen molar-refractivity contribution in [2.75, 3.05) is 12.9 Å². The van der Waals surface area contributed by atoms with Crippen molar-refractivity contribution in [1.29, 1.82) is 0 Å². The molecule has 0 fully saturated rings. The number of nitrogens with zero attached hydrogens (tertiary/aromatic N) is 2. The standard InChI is InChI=1S/C14H16BrN3O2S/c1-8(2)13-16-14(18-17-13)21-7-11(19)9-4-5-12(20-3)10(15)6-9/h4-6,8H,7H2,1-3H3,(H,16,17,18). The van der Waals surface area contributed by atoms with Crippen LogP contribution in [0.3, 0.4) is 0 Å². The van der Waals surface area contributed by atoms with Crippen molar-refractivity contribution in [3.63, 3.8) is 0 Å². The minimum atomic E-state index is 0.0271. The summed E-state index contributed by atoms with van der Waals surface area (Å²) >= 11 is 4.71. The largest absolute Gasteiger partial charge is 0.496 e. The Labute approximate surface area is 136 Å². The van der Waals surface area contributed by atoms with Crippen LogP contribution in [0.5, 0.6) is 5.75 Å². The normalized spacial score (nSPS) is 10.9. The van der Waals surface area contributed by atoms with E-state index in [1.165, 1.54) is 11.8 Å². The number of halogens is 1. The molecular weight excluding hydrogens is 354 g/mol. The first-order valence-corrected chi connectivity index (χ1v) is 8.21. The maximum Gasteiger partial charge on any atom is 0.208 e. The highest BCUT2D eigenvalue weighted by molar-refractivity contribution is 9.10. The molecule has 0 amide bonds. The van der Waals surface area contributed by atoms with E-state index in [9.17, 15) is 4.79 Å². The zero-order chi connectivity index (χ0) is 15.4. The number of carbonyl (C=O) groups is 1. The predicted octanol–water partition coefficient (Wildman–Crippen LogP) is 3.67. The van der Waals surface area contributed by atoms with Gasteiger partial charge in [0.1, 0.15) is 11.6 Å². The fourth-order valence-corrected chi connectivity index (χ4v) is 2.87. The van der Waals surface area contributed by atoms with Gasteiger partial charge in [-0.05, 0) is 34.1 Å². The van der Waals surface area contributed by atoms with Gasteiger partial charge in [0.15, 0.2) is 5.78 Å². The number of Topliss-reactive ketones (excluding diaryl/α,β-unsaturated/α-hetero) is 1. The van der Waals surface area contributed by atoms with Crippen molar-refractivity contribution in [3.8, 4) is 5.75 Å². The van der Waals surface area contributed by atoms with Gasteiger partial charge in [-0.1, -0.05) is 25.6 Å². The lowest BCUT2D eigenvalue weighted by Gasteiger charge is -2.05. The lowest BCUT2D eigenvalue weighted by molar-refractivity contribution is 0.102. The van der Waals surface area contributed by atoms with Crippen molar-refractivity contribution < 1.29 is 9.53 Å². The highest BCUT2D eigenvalue weighted by Crippen LogP contribution is 2.26. The van der Waals surface area contributed by atoms with Crippen LogP contribution in [0.2, 0.25) is 0 Å². The lowest BCUT2D eigenvalue weighted by atomic mass is 10.1. The summed E-state index contributed by atoms with van der Waals surface area (Å²) in [6, 6.07) is 5.29. The molecule has 1 aromatic heterocycles. The molecule has 1 heterocycles. The Morgan fingerprint density at radius 2 is 2.24 bits per heavy atom. The van der Waals surface area contributed by atoms with E-state index < -0.39 is 0 Å². The van der Waals surface area contributed by atoms with Gasteiger partial charge in [-0.2, -0.15) is 0 Å². The molecule has 0 atom stereocenters. The molecule has 0 aliphatic heterocycles. The molecule has 0 radical (unpaired) electrons. The number of nitrogens with one attached hydrogen (secondary N) is 1. The van der Waals surface area contributed by atoms with Crippen molar-refractivity contribution in [2.24, 2.45) is 0 Å². The van der Waals surface area contributed by atoms with Crippen LogP contribution < -0.4 is 4.74 Å². The summed E-state index contributed by atoms with van der Waals surface area (Å²) in [4.78, 5) is 16.5. The van der Waals surface area contributed by atoms with Crippen LogP contribution in [0.4, 0.5) is 0 Å². The zero-order valence-corrected chi connectivity index (χ0v) is 14.4. The second-order valence-corrected chi connectivity index (χ2v) is 6.52. The highest BCUT2D eigenvalue weighted by Gasteiger charge is 2.12. The SMILES string of the molecule is COc1ccc(C(=O)CSc2n[nH]c(C(C)C)n2)cc1Br. The van der Waals surface area contributed by atoms with Crippen molar-refractivity contribution in [3.05, 3.63) is 34.1 Å². The first-order chi connectivity index (χ1) is 10.0. The lowest BCUT2D eigenvalue weighted by Crippen LogP contribution is -2.03. The molecule has 21 heavy (non-hydrogen) atoms. The number of hydrogen-bond acceptors (Lipinski definition) is 5. The number of carbonyl (C=O) groups excluding carboxylic acids is 1. The number of methoxy groups -OCH3 is 1. The third-order valence-electron chi connectivity index (χ3n) is 2.84. The number of aromatic nitrogens is 3. The molecule has 2 aromatic rings. The van der Waals surface area contributed by atoms with E-state index in [0.717, 1.165) is 10.3 Å². The molecule has 0 spiro atoms. The number of H-pyrrole nitrogens is 1. The van der Waals surface area contributed by atoms with Crippen LogP contribution >= 0.6 is 27.7 Å². The van der Waals surface area contributed by atoms with Crippen molar-refractivity contribution in [2.45, 2.75) is 24.9 Å². The minimum Gasteiger partial charge on any atom is -0.496 e. The van der Waals surface area contributed by atoms with Crippen LogP contribution in [0.15, 0.2) is 27.8 Å². The average Bonchev–Trinajstić information content (AvgIpc) is 2.93. The molecule has 0 unspecified atom stereocenters. The van der Waals surface area contributed by atoms with Crippen LogP contribution in [-0.4, -0.2) is 33.8 Å². The van der Waals surface area contributed by atoms with Gasteiger partial charge in [0.2, 0.25) is 5.16 Å². The fraction of sp³-hybridized carbons (Fsp3) is 0.357. The monoisotopic (exact) mass is 369 g/mol. The summed E-state index contributed by atoms with van der Waals surface area (Å²) in [6.07, 6.45) is 0. The molecule has 0 bridgehead atoms. The number of rotatable bonds is 6. The molecule has 0 saturated heterocycles. The van der Waals surface area contributed by atoms with E-state index in [0.29, 0.717) is 28.1 Å². The van der Waals surface area contributed by atoms with E-state index in [1.807, 2.05) is 13.8 Å². The zero-order valence-electron chi connectivity index (χ0n) is 12.0. The number of ketones is 1. The number of ether oxygens (including phenoxy) is 1. The van der Waals surface area contributed by atoms with Crippen molar-refractivity contribution in [1.82, 2.24) is 15.2 Å². The third-order valence-corrected chi connectivity index (χ3v) is 4.30. The molecule has 112 valence electrons. The summed E-state index contributed by atoms with van der Waals surface area (Å²) in [7, 11) is 1.59. The molecule has 0 saturated carbocycles. The van der Waals surface area contributed by atoms with Gasteiger partial charge in [-0.15, -0.1) is 5.10 Å². The quantitative estimate of drug-likeness (QED) is 0.621. The van der Waals surface area contributed by atoms with Gasteiger partial charge in [0.25, 0.3) is 0 Å². The fourth-order valence-electron chi connectivity index (χ4n) is 1.63. The molecule has 5 nitrogen and oxygen atoms in total. The summed E-state index contributed by atoms with van der Waals surface area (Å²) in [5.74, 6) is 2.15. The predicted molar refractivity (Wildman–Crippen MR) is 86.2 cm³/mol. The first-order valence-electron chi connectivity index (χ1n) is 6.43. The smallest absolute Gasteiger partial charge is 0.208 e. The minimum absolute atomic E-state index is 0.0271. The number of hydrogen-bond donors (Lipinski definition) is 1. The molecular formula is C14H16BrN3O2S. The van der Waals surface area contributed by atoms with Crippen LogP contribution in [0.25, 0.3) is 0 Å². The van der Waals surface area contributed by atoms with Crippen LogP contribution in [-0.2, 0) is 0 Å². The molecule has 1 aromatic carbocycles. The van der Waals surface area contributed by atoms with Crippen LogP contribution in [0.1, 0.15) is 35.9 Å². The van der Waals surface area contributed by atoms with Crippen molar-refractivity contribution >= 4 is 33.5 Å². The highest BCUT2D eigenvalue weighted by atomic mass is 79.9. The average molecular weight is 370 g/mol. The second kappa shape index (κ2) is 7.09. The maximum atomic E-state index is 12.2. The third kappa shape index (κ3) is 4.07. The van der Waals surface area contributed by atoms with E-state index in [1.54, 1.807) is 25.3 Å². The molecule has 7 heteroatoms. The van der Waals surface area contributed by atoms with Gasteiger partial charge < -0.3 is 4.74 Å². The van der Waals surface area contributed by atoms with Gasteiger partial charge in [0.05, 0.1) is 17.3 Å². The molecule has 2 rings (SSSR count). The first kappa shape index (κ1) is 16.0. The molecule has 1 N–H and O–H groups in total. The Kier molecular flexibility index (Phi) is 5.41. The Hall–Kier alpha value is -1.34.